The zero-order valence-corrected chi connectivity index (χ0v) is 12.8. The van der Waals surface area contributed by atoms with Gasteiger partial charge in [0.25, 0.3) is 0 Å². The predicted molar refractivity (Wildman–Crippen MR) is 82.0 cm³/mol. The third-order valence-electron chi connectivity index (χ3n) is 2.78. The molecule has 2 heterocycles. The fourth-order valence-corrected chi connectivity index (χ4v) is 4.60. The van der Waals surface area contributed by atoms with Gasteiger partial charge in [-0.25, -0.2) is 0 Å². The maximum atomic E-state index is 12.4. The Kier molecular flexibility index (Phi) is 3.09. The van der Waals surface area contributed by atoms with E-state index in [1.165, 1.54) is 0 Å². The van der Waals surface area contributed by atoms with Gasteiger partial charge in [-0.1, -0.05) is 18.2 Å². The van der Waals surface area contributed by atoms with E-state index in [2.05, 4.69) is 15.9 Å². The molecule has 3 rings (SSSR count). The molecular formula is C14H9BrOS2. The normalized spacial score (nSPS) is 11.0. The van der Waals surface area contributed by atoms with Gasteiger partial charge in [0, 0.05) is 15.1 Å². The van der Waals surface area contributed by atoms with Crippen molar-refractivity contribution >= 4 is 54.5 Å². The van der Waals surface area contributed by atoms with Crippen LogP contribution < -0.4 is 0 Å². The van der Waals surface area contributed by atoms with Gasteiger partial charge >= 0.3 is 0 Å². The lowest BCUT2D eigenvalue weighted by molar-refractivity contribution is 0.104. The summed E-state index contributed by atoms with van der Waals surface area (Å²) in [5.41, 5.74) is 0.804. The average molecular weight is 337 g/mol. The third kappa shape index (κ3) is 2.05. The summed E-state index contributed by atoms with van der Waals surface area (Å²) in [5.74, 6) is 0.121. The van der Waals surface area contributed by atoms with Crippen molar-refractivity contribution in [2.75, 3.05) is 0 Å². The lowest BCUT2D eigenvalue weighted by atomic mass is 10.1. The van der Waals surface area contributed by atoms with Crippen LogP contribution in [0.1, 0.15) is 20.1 Å². The Morgan fingerprint density at radius 2 is 1.94 bits per heavy atom. The third-order valence-corrected chi connectivity index (χ3v) is 5.45. The van der Waals surface area contributed by atoms with Crippen LogP contribution in [0.25, 0.3) is 10.1 Å². The summed E-state index contributed by atoms with van der Waals surface area (Å²) in [7, 11) is 0. The number of aryl methyl sites for hydroxylation is 1. The SMILES string of the molecule is Cc1sc(Br)cc1C(=O)c1cc2ccccc2s1. The van der Waals surface area contributed by atoms with E-state index in [1.54, 1.807) is 22.7 Å². The Hall–Kier alpha value is -0.970. The first kappa shape index (κ1) is 12.1. The van der Waals surface area contributed by atoms with Gasteiger partial charge in [-0.15, -0.1) is 22.7 Å². The maximum absolute atomic E-state index is 12.4. The summed E-state index contributed by atoms with van der Waals surface area (Å²) < 4.78 is 2.16. The molecule has 0 amide bonds. The number of rotatable bonds is 2. The second-order valence-corrected chi connectivity index (χ2v) is 7.72. The van der Waals surface area contributed by atoms with Gasteiger partial charge in [-0.2, -0.15) is 0 Å². The molecule has 3 aromatic rings. The molecule has 0 aliphatic carbocycles. The van der Waals surface area contributed by atoms with E-state index in [-0.39, 0.29) is 5.78 Å². The molecule has 90 valence electrons. The highest BCUT2D eigenvalue weighted by molar-refractivity contribution is 9.11. The van der Waals surface area contributed by atoms with Crippen LogP contribution in [0.3, 0.4) is 0 Å². The van der Waals surface area contributed by atoms with E-state index < -0.39 is 0 Å². The summed E-state index contributed by atoms with van der Waals surface area (Å²) in [6.45, 7) is 1.98. The average Bonchev–Trinajstić information content (AvgIpc) is 2.91. The van der Waals surface area contributed by atoms with E-state index in [1.807, 2.05) is 43.3 Å². The Morgan fingerprint density at radius 1 is 1.17 bits per heavy atom. The second-order valence-electron chi connectivity index (χ2n) is 4.00. The van der Waals surface area contributed by atoms with Crippen molar-refractivity contribution in [3.05, 3.63) is 55.5 Å². The smallest absolute Gasteiger partial charge is 0.204 e. The van der Waals surface area contributed by atoms with E-state index in [0.29, 0.717) is 0 Å². The number of carbonyl (C=O) groups is 1. The van der Waals surface area contributed by atoms with Crippen molar-refractivity contribution < 1.29 is 4.79 Å². The predicted octanol–water partition coefficient (Wildman–Crippen LogP) is 5.26. The molecule has 0 radical (unpaired) electrons. The van der Waals surface area contributed by atoms with Crippen molar-refractivity contribution in [1.29, 1.82) is 0 Å². The minimum absolute atomic E-state index is 0.121. The first-order valence-corrected chi connectivity index (χ1v) is 7.87. The zero-order valence-electron chi connectivity index (χ0n) is 9.57. The number of carbonyl (C=O) groups excluding carboxylic acids is 1. The van der Waals surface area contributed by atoms with Gasteiger partial charge in [-0.05, 0) is 46.4 Å². The van der Waals surface area contributed by atoms with Crippen LogP contribution in [0.4, 0.5) is 0 Å². The van der Waals surface area contributed by atoms with E-state index in [4.69, 9.17) is 0 Å². The number of hydrogen-bond acceptors (Lipinski definition) is 3. The molecule has 1 nitrogen and oxygen atoms in total. The summed E-state index contributed by atoms with van der Waals surface area (Å²) in [4.78, 5) is 14.3. The van der Waals surface area contributed by atoms with Gasteiger partial charge in [0.2, 0.25) is 5.78 Å². The first-order valence-electron chi connectivity index (χ1n) is 5.44. The molecule has 0 spiro atoms. The topological polar surface area (TPSA) is 17.1 Å². The highest BCUT2D eigenvalue weighted by Gasteiger charge is 2.16. The van der Waals surface area contributed by atoms with Crippen LogP contribution in [0.5, 0.6) is 0 Å². The maximum Gasteiger partial charge on any atom is 0.204 e. The number of ketones is 1. The van der Waals surface area contributed by atoms with E-state index in [9.17, 15) is 4.79 Å². The van der Waals surface area contributed by atoms with Gasteiger partial charge in [0.05, 0.1) is 8.66 Å². The van der Waals surface area contributed by atoms with Crippen molar-refractivity contribution in [2.45, 2.75) is 6.92 Å². The van der Waals surface area contributed by atoms with Crippen LogP contribution in [0, 0.1) is 6.92 Å². The van der Waals surface area contributed by atoms with Crippen molar-refractivity contribution in [3.63, 3.8) is 0 Å². The van der Waals surface area contributed by atoms with Crippen molar-refractivity contribution in [3.8, 4) is 0 Å². The van der Waals surface area contributed by atoms with Crippen LogP contribution >= 0.6 is 38.6 Å². The molecule has 0 saturated heterocycles. The molecule has 2 aromatic heterocycles. The van der Waals surface area contributed by atoms with Crippen LogP contribution in [-0.2, 0) is 0 Å². The number of fused-ring (bicyclic) bond motifs is 1. The van der Waals surface area contributed by atoms with Crippen LogP contribution in [-0.4, -0.2) is 5.78 Å². The molecule has 0 saturated carbocycles. The fourth-order valence-electron chi connectivity index (χ4n) is 1.90. The number of thiophene rings is 2. The van der Waals surface area contributed by atoms with E-state index >= 15 is 0 Å². The Morgan fingerprint density at radius 3 is 2.61 bits per heavy atom. The second kappa shape index (κ2) is 4.61. The molecule has 0 aliphatic rings. The van der Waals surface area contributed by atoms with E-state index in [0.717, 1.165) is 29.2 Å². The molecule has 4 heteroatoms. The molecule has 0 bridgehead atoms. The van der Waals surface area contributed by atoms with Crippen molar-refractivity contribution in [2.24, 2.45) is 0 Å². The lowest BCUT2D eigenvalue weighted by Gasteiger charge is -1.94. The molecule has 0 atom stereocenters. The Labute approximate surface area is 121 Å². The lowest BCUT2D eigenvalue weighted by Crippen LogP contribution is -1.97. The minimum atomic E-state index is 0.121. The summed E-state index contributed by atoms with van der Waals surface area (Å²) in [6.07, 6.45) is 0. The molecule has 0 unspecified atom stereocenters. The molecule has 18 heavy (non-hydrogen) atoms. The zero-order chi connectivity index (χ0) is 12.7. The summed E-state index contributed by atoms with van der Waals surface area (Å²) >= 11 is 6.59. The Bertz CT molecular complexity index is 706. The van der Waals surface area contributed by atoms with Gasteiger partial charge in [0.15, 0.2) is 0 Å². The monoisotopic (exact) mass is 336 g/mol. The highest BCUT2D eigenvalue weighted by atomic mass is 79.9. The fraction of sp³-hybridized carbons (Fsp3) is 0.0714. The quantitative estimate of drug-likeness (QED) is 0.583. The number of halogens is 1. The molecule has 0 aliphatic heterocycles. The van der Waals surface area contributed by atoms with Crippen molar-refractivity contribution in [1.82, 2.24) is 0 Å². The molecule has 1 aromatic carbocycles. The summed E-state index contributed by atoms with van der Waals surface area (Å²) in [5, 5.41) is 1.14. The molecule has 0 N–H and O–H groups in total. The Balaban J connectivity index is 2.09. The largest absolute Gasteiger partial charge is 0.288 e. The highest BCUT2D eigenvalue weighted by Crippen LogP contribution is 2.32. The van der Waals surface area contributed by atoms with Crippen LogP contribution in [0.15, 0.2) is 40.2 Å². The minimum Gasteiger partial charge on any atom is -0.288 e. The molecule has 0 fully saturated rings. The standard InChI is InChI=1S/C14H9BrOS2/c1-8-10(7-13(15)17-8)14(16)12-6-9-4-2-3-5-11(9)18-12/h2-7H,1H3. The number of hydrogen-bond donors (Lipinski definition) is 0. The van der Waals surface area contributed by atoms with Crippen LogP contribution in [0.2, 0.25) is 0 Å². The molecular weight excluding hydrogens is 328 g/mol. The summed E-state index contributed by atoms with van der Waals surface area (Å²) in [6, 6.07) is 12.0. The van der Waals surface area contributed by atoms with Gasteiger partial charge < -0.3 is 0 Å². The first-order chi connectivity index (χ1) is 8.65. The number of benzene rings is 1. The van der Waals surface area contributed by atoms with Gasteiger partial charge in [-0.3, -0.25) is 4.79 Å². The van der Waals surface area contributed by atoms with Gasteiger partial charge in [0.1, 0.15) is 0 Å².